The molecule has 5 nitrogen and oxygen atoms in total. The van der Waals surface area contributed by atoms with Gasteiger partial charge in [-0.25, -0.2) is 0 Å². The molecule has 0 spiro atoms. The Morgan fingerprint density at radius 3 is 2.50 bits per heavy atom. The SMILES string of the molecule is CC(C)CNC(=O)[C@H](C)N(Cc1cccc(Cl)c1)C(=O)COc1ccc(Br)cc1Cl. The number of hydrogen-bond acceptors (Lipinski definition) is 3. The van der Waals surface area contributed by atoms with Crippen molar-refractivity contribution in [3.8, 4) is 5.75 Å². The molecule has 0 aliphatic carbocycles. The molecule has 0 heterocycles. The molecule has 0 unspecified atom stereocenters. The highest BCUT2D eigenvalue weighted by Gasteiger charge is 2.26. The fraction of sp³-hybridized carbons (Fsp3) is 0.364. The highest BCUT2D eigenvalue weighted by atomic mass is 79.9. The maximum Gasteiger partial charge on any atom is 0.261 e. The number of nitrogens with zero attached hydrogens (tertiary/aromatic N) is 1. The van der Waals surface area contributed by atoms with E-state index < -0.39 is 6.04 Å². The first-order chi connectivity index (χ1) is 14.2. The smallest absolute Gasteiger partial charge is 0.261 e. The molecule has 1 atom stereocenters. The molecule has 162 valence electrons. The Balaban J connectivity index is 2.15. The number of benzene rings is 2. The largest absolute Gasteiger partial charge is 0.482 e. The van der Waals surface area contributed by atoms with Gasteiger partial charge in [0.25, 0.3) is 5.91 Å². The van der Waals surface area contributed by atoms with Gasteiger partial charge in [0.1, 0.15) is 11.8 Å². The van der Waals surface area contributed by atoms with Gasteiger partial charge in [-0.05, 0) is 48.7 Å². The van der Waals surface area contributed by atoms with Crippen molar-refractivity contribution in [1.82, 2.24) is 10.2 Å². The molecule has 2 aromatic rings. The highest BCUT2D eigenvalue weighted by molar-refractivity contribution is 9.10. The standard InChI is InChI=1S/C22H25BrCl2N2O3/c1-14(2)11-26-22(29)15(3)27(12-16-5-4-6-18(24)9-16)21(28)13-30-20-8-7-17(23)10-19(20)25/h4-10,14-15H,11-13H2,1-3H3,(H,26,29)/t15-/m0/s1. The molecular weight excluding hydrogens is 491 g/mol. The van der Waals surface area contributed by atoms with Crippen molar-refractivity contribution in [2.75, 3.05) is 13.2 Å². The molecule has 0 saturated carbocycles. The summed E-state index contributed by atoms with van der Waals surface area (Å²) in [6, 6.07) is 11.7. The fourth-order valence-corrected chi connectivity index (χ4v) is 3.62. The summed E-state index contributed by atoms with van der Waals surface area (Å²) in [5.41, 5.74) is 0.820. The second-order valence-electron chi connectivity index (χ2n) is 7.33. The molecule has 0 bridgehead atoms. The number of halogens is 3. The summed E-state index contributed by atoms with van der Waals surface area (Å²) < 4.78 is 6.43. The van der Waals surface area contributed by atoms with Crippen LogP contribution in [0.5, 0.6) is 5.75 Å². The van der Waals surface area contributed by atoms with Crippen LogP contribution in [0, 0.1) is 5.92 Å². The van der Waals surface area contributed by atoms with Gasteiger partial charge < -0.3 is 15.0 Å². The van der Waals surface area contributed by atoms with E-state index in [0.29, 0.717) is 28.3 Å². The van der Waals surface area contributed by atoms with Crippen LogP contribution in [0.1, 0.15) is 26.3 Å². The third kappa shape index (κ3) is 7.49. The lowest BCUT2D eigenvalue weighted by Gasteiger charge is -2.29. The number of ether oxygens (including phenoxy) is 1. The van der Waals surface area contributed by atoms with Crippen LogP contribution in [-0.4, -0.2) is 35.9 Å². The van der Waals surface area contributed by atoms with Crippen LogP contribution in [0.4, 0.5) is 0 Å². The lowest BCUT2D eigenvalue weighted by Crippen LogP contribution is -2.49. The predicted molar refractivity (Wildman–Crippen MR) is 124 cm³/mol. The number of carbonyl (C=O) groups is 2. The highest BCUT2D eigenvalue weighted by Crippen LogP contribution is 2.27. The molecule has 0 aliphatic rings. The van der Waals surface area contributed by atoms with Gasteiger partial charge in [-0.3, -0.25) is 9.59 Å². The summed E-state index contributed by atoms with van der Waals surface area (Å²) in [4.78, 5) is 27.1. The minimum atomic E-state index is -0.681. The van der Waals surface area contributed by atoms with Crippen molar-refractivity contribution in [1.29, 1.82) is 0 Å². The van der Waals surface area contributed by atoms with Crippen LogP contribution in [0.15, 0.2) is 46.9 Å². The zero-order valence-corrected chi connectivity index (χ0v) is 20.2. The molecule has 8 heteroatoms. The molecule has 30 heavy (non-hydrogen) atoms. The normalized spacial score (nSPS) is 11.8. The van der Waals surface area contributed by atoms with Crippen molar-refractivity contribution >= 4 is 50.9 Å². The van der Waals surface area contributed by atoms with Gasteiger partial charge in [0.2, 0.25) is 5.91 Å². The molecule has 0 fully saturated rings. The van der Waals surface area contributed by atoms with Crippen LogP contribution < -0.4 is 10.1 Å². The average Bonchev–Trinajstić information content (AvgIpc) is 2.68. The third-order valence-corrected chi connectivity index (χ3v) is 5.36. The zero-order valence-electron chi connectivity index (χ0n) is 17.1. The average molecular weight is 516 g/mol. The minimum absolute atomic E-state index is 0.222. The molecule has 0 aromatic heterocycles. The number of carbonyl (C=O) groups excluding carboxylic acids is 2. The summed E-state index contributed by atoms with van der Waals surface area (Å²) in [5, 5.41) is 3.83. The van der Waals surface area contributed by atoms with Gasteiger partial charge in [0.05, 0.1) is 5.02 Å². The van der Waals surface area contributed by atoms with Crippen molar-refractivity contribution < 1.29 is 14.3 Å². The Labute approximate surface area is 195 Å². The summed E-state index contributed by atoms with van der Waals surface area (Å²) in [6.45, 7) is 6.24. The Morgan fingerprint density at radius 1 is 1.13 bits per heavy atom. The number of hydrogen-bond donors (Lipinski definition) is 1. The molecule has 2 amide bonds. The molecule has 0 radical (unpaired) electrons. The maximum atomic E-state index is 13.0. The summed E-state index contributed by atoms with van der Waals surface area (Å²) >= 11 is 15.6. The minimum Gasteiger partial charge on any atom is -0.482 e. The van der Waals surface area contributed by atoms with Crippen LogP contribution in [0.3, 0.4) is 0 Å². The molecule has 1 N–H and O–H groups in total. The van der Waals surface area contributed by atoms with E-state index in [-0.39, 0.29) is 25.0 Å². The van der Waals surface area contributed by atoms with Crippen molar-refractivity contribution in [2.45, 2.75) is 33.4 Å². The van der Waals surface area contributed by atoms with E-state index in [1.807, 2.05) is 26.0 Å². The second kappa shape index (κ2) is 11.6. The van der Waals surface area contributed by atoms with Gasteiger partial charge in [-0.15, -0.1) is 0 Å². The van der Waals surface area contributed by atoms with E-state index in [2.05, 4.69) is 21.2 Å². The molecular formula is C22H25BrCl2N2O3. The zero-order chi connectivity index (χ0) is 22.3. The summed E-state index contributed by atoms with van der Waals surface area (Å²) in [6.07, 6.45) is 0. The Bertz CT molecular complexity index is 892. The van der Waals surface area contributed by atoms with Crippen molar-refractivity contribution in [3.05, 3.63) is 62.5 Å². The summed E-state index contributed by atoms with van der Waals surface area (Å²) in [7, 11) is 0. The van der Waals surface area contributed by atoms with Crippen LogP contribution in [0.25, 0.3) is 0 Å². The Hall–Kier alpha value is -1.76. The Kier molecular flexibility index (Phi) is 9.46. The fourth-order valence-electron chi connectivity index (χ4n) is 2.68. The first-order valence-electron chi connectivity index (χ1n) is 9.57. The monoisotopic (exact) mass is 514 g/mol. The Morgan fingerprint density at radius 2 is 1.87 bits per heavy atom. The van der Waals surface area contributed by atoms with Gasteiger partial charge in [0.15, 0.2) is 6.61 Å². The number of nitrogens with one attached hydrogen (secondary N) is 1. The summed E-state index contributed by atoms with van der Waals surface area (Å²) in [5.74, 6) is 0.149. The maximum absolute atomic E-state index is 13.0. The van der Waals surface area contributed by atoms with Gasteiger partial charge in [0, 0.05) is 22.6 Å². The van der Waals surface area contributed by atoms with Crippen molar-refractivity contribution in [2.24, 2.45) is 5.92 Å². The lowest BCUT2D eigenvalue weighted by atomic mass is 10.1. The van der Waals surface area contributed by atoms with E-state index in [9.17, 15) is 9.59 Å². The van der Waals surface area contributed by atoms with Crippen LogP contribution >= 0.6 is 39.1 Å². The van der Waals surface area contributed by atoms with Crippen LogP contribution in [-0.2, 0) is 16.1 Å². The third-order valence-electron chi connectivity index (χ3n) is 4.34. The first-order valence-corrected chi connectivity index (χ1v) is 11.1. The quantitative estimate of drug-likeness (QED) is 0.491. The van der Waals surface area contributed by atoms with Gasteiger partial charge >= 0.3 is 0 Å². The van der Waals surface area contributed by atoms with Gasteiger partial charge in [-0.1, -0.05) is 65.1 Å². The lowest BCUT2D eigenvalue weighted by molar-refractivity contribution is -0.142. The molecule has 2 aromatic carbocycles. The topological polar surface area (TPSA) is 58.6 Å². The second-order valence-corrected chi connectivity index (χ2v) is 9.09. The van der Waals surface area contributed by atoms with E-state index in [1.54, 1.807) is 37.3 Å². The first kappa shape index (κ1) is 24.5. The van der Waals surface area contributed by atoms with E-state index in [1.165, 1.54) is 4.90 Å². The van der Waals surface area contributed by atoms with E-state index in [4.69, 9.17) is 27.9 Å². The molecule has 0 aliphatic heterocycles. The van der Waals surface area contributed by atoms with E-state index >= 15 is 0 Å². The predicted octanol–water partition coefficient (Wildman–Crippen LogP) is 5.32. The van der Waals surface area contributed by atoms with Crippen molar-refractivity contribution in [3.63, 3.8) is 0 Å². The van der Waals surface area contributed by atoms with Gasteiger partial charge in [-0.2, -0.15) is 0 Å². The molecule has 0 saturated heterocycles. The number of rotatable bonds is 9. The van der Waals surface area contributed by atoms with E-state index in [0.717, 1.165) is 10.0 Å². The van der Waals surface area contributed by atoms with Crippen LogP contribution in [0.2, 0.25) is 10.0 Å². The molecule has 2 rings (SSSR count). The number of amides is 2.